The van der Waals surface area contributed by atoms with Crippen molar-refractivity contribution in [2.24, 2.45) is 0 Å². The molecule has 0 fully saturated rings. The maximum atomic E-state index is 12.4. The van der Waals surface area contributed by atoms with Gasteiger partial charge in [-0.2, -0.15) is 0 Å². The fourth-order valence-electron chi connectivity index (χ4n) is 2.50. The molecule has 0 spiro atoms. The van der Waals surface area contributed by atoms with Crippen molar-refractivity contribution < 1.29 is 23.9 Å². The van der Waals surface area contributed by atoms with E-state index in [1.807, 2.05) is 6.92 Å². The van der Waals surface area contributed by atoms with E-state index < -0.39 is 17.8 Å². The van der Waals surface area contributed by atoms with Crippen LogP contribution in [0.1, 0.15) is 53.3 Å². The molecule has 0 radical (unpaired) electrons. The first-order valence-electron chi connectivity index (χ1n) is 9.46. The Hall–Kier alpha value is -3.26. The van der Waals surface area contributed by atoms with E-state index >= 15 is 0 Å². The van der Waals surface area contributed by atoms with E-state index in [0.29, 0.717) is 28.2 Å². The number of anilines is 2. The van der Waals surface area contributed by atoms with Crippen LogP contribution >= 0.6 is 11.3 Å². The monoisotopic (exact) mass is 428 g/mol. The zero-order valence-corrected chi connectivity index (χ0v) is 18.1. The number of ether oxygens (including phenoxy) is 1. The Morgan fingerprint density at radius 2 is 1.70 bits per heavy atom. The van der Waals surface area contributed by atoms with Crippen LogP contribution in [0.15, 0.2) is 42.0 Å². The van der Waals surface area contributed by atoms with E-state index in [9.17, 15) is 19.2 Å². The molecule has 1 heterocycles. The van der Waals surface area contributed by atoms with E-state index in [1.54, 1.807) is 37.3 Å². The second-order valence-corrected chi connectivity index (χ2v) is 7.57. The van der Waals surface area contributed by atoms with Crippen LogP contribution in [0.3, 0.4) is 0 Å². The predicted octanol–water partition coefficient (Wildman–Crippen LogP) is 4.21. The molecule has 158 valence electrons. The maximum absolute atomic E-state index is 12.4. The lowest BCUT2D eigenvalue weighted by Gasteiger charge is -2.07. The number of Topliss-reactive ketones (excluding diaryl/α,β-unsaturated/α-hetero) is 1. The van der Waals surface area contributed by atoms with Gasteiger partial charge in [0.1, 0.15) is 5.00 Å². The Kier molecular flexibility index (Phi) is 8.06. The van der Waals surface area contributed by atoms with Gasteiger partial charge < -0.3 is 15.4 Å². The molecule has 2 N–H and O–H groups in total. The van der Waals surface area contributed by atoms with Gasteiger partial charge in [-0.25, -0.2) is 4.79 Å². The van der Waals surface area contributed by atoms with Gasteiger partial charge >= 0.3 is 5.97 Å². The predicted molar refractivity (Wildman–Crippen MR) is 117 cm³/mol. The lowest BCUT2D eigenvalue weighted by Crippen LogP contribution is -2.17. The van der Waals surface area contributed by atoms with Crippen molar-refractivity contribution in [3.8, 4) is 0 Å². The van der Waals surface area contributed by atoms with Crippen molar-refractivity contribution in [2.75, 3.05) is 17.2 Å². The Morgan fingerprint density at radius 1 is 1.03 bits per heavy atom. The average molecular weight is 429 g/mol. The Balaban J connectivity index is 2.08. The first-order valence-corrected chi connectivity index (χ1v) is 10.3. The minimum atomic E-state index is -0.523. The number of rotatable bonds is 8. The molecule has 0 bridgehead atoms. The van der Waals surface area contributed by atoms with Gasteiger partial charge in [0.2, 0.25) is 5.91 Å². The van der Waals surface area contributed by atoms with Gasteiger partial charge in [-0.1, -0.05) is 6.92 Å². The second kappa shape index (κ2) is 10.5. The third-order valence-electron chi connectivity index (χ3n) is 4.12. The summed E-state index contributed by atoms with van der Waals surface area (Å²) in [6.45, 7) is 6.86. The molecular weight excluding hydrogens is 404 g/mol. The minimum absolute atomic E-state index is 0.0670. The Bertz CT molecular complexity index is 989. The molecule has 0 atom stereocenters. The van der Waals surface area contributed by atoms with E-state index in [2.05, 4.69) is 10.6 Å². The molecule has 1 aromatic heterocycles. The lowest BCUT2D eigenvalue weighted by atomic mass is 10.1. The van der Waals surface area contributed by atoms with Crippen LogP contribution in [0.4, 0.5) is 10.7 Å². The number of carbonyl (C=O) groups is 4. The molecule has 0 aliphatic rings. The molecule has 2 amide bonds. The number of benzene rings is 1. The molecule has 0 saturated carbocycles. The van der Waals surface area contributed by atoms with E-state index in [1.165, 1.54) is 31.3 Å². The Morgan fingerprint density at radius 3 is 2.27 bits per heavy atom. The topological polar surface area (TPSA) is 102 Å². The molecule has 30 heavy (non-hydrogen) atoms. The highest BCUT2D eigenvalue weighted by molar-refractivity contribution is 7.16. The summed E-state index contributed by atoms with van der Waals surface area (Å²) in [4.78, 5) is 49.1. The number of esters is 1. The van der Waals surface area contributed by atoms with Crippen molar-refractivity contribution in [1.82, 2.24) is 0 Å². The molecule has 7 nitrogen and oxygen atoms in total. The number of aryl methyl sites for hydroxylation is 1. The van der Waals surface area contributed by atoms with Crippen LogP contribution in [0.2, 0.25) is 0 Å². The van der Waals surface area contributed by atoms with Gasteiger partial charge in [0, 0.05) is 27.8 Å². The van der Waals surface area contributed by atoms with Crippen LogP contribution in [-0.4, -0.2) is 30.2 Å². The smallest absolute Gasteiger partial charge is 0.341 e. The highest BCUT2D eigenvalue weighted by atomic mass is 32.1. The molecular formula is C22H24N2O5S. The van der Waals surface area contributed by atoms with Crippen LogP contribution < -0.4 is 10.6 Å². The molecule has 0 unspecified atom stereocenters. The van der Waals surface area contributed by atoms with Gasteiger partial charge in [-0.15, -0.1) is 11.3 Å². The van der Waals surface area contributed by atoms with E-state index in [-0.39, 0.29) is 18.0 Å². The van der Waals surface area contributed by atoms with Gasteiger partial charge in [-0.3, -0.25) is 14.4 Å². The first-order chi connectivity index (χ1) is 14.2. The number of hydrogen-bond acceptors (Lipinski definition) is 6. The number of hydrogen-bond donors (Lipinski definition) is 2. The Labute approximate surface area is 179 Å². The molecule has 2 aromatic rings. The quantitative estimate of drug-likeness (QED) is 0.372. The lowest BCUT2D eigenvalue weighted by molar-refractivity contribution is -0.114. The van der Waals surface area contributed by atoms with Gasteiger partial charge in [0.25, 0.3) is 5.91 Å². The summed E-state index contributed by atoms with van der Waals surface area (Å²) in [5.41, 5.74) is 1.54. The van der Waals surface area contributed by atoms with Crippen molar-refractivity contribution in [2.45, 2.75) is 34.1 Å². The summed E-state index contributed by atoms with van der Waals surface area (Å²) in [5.74, 6) is -1.55. The van der Waals surface area contributed by atoms with Crippen molar-refractivity contribution in [1.29, 1.82) is 0 Å². The SMILES string of the molecule is CCOC(=O)c1cc(CC)sc1NC(=O)/C=C(/C)C(=O)Nc1ccc(C(C)=O)cc1. The van der Waals surface area contributed by atoms with Gasteiger partial charge in [-0.05, 0) is 57.5 Å². The van der Waals surface area contributed by atoms with Crippen LogP contribution in [0.5, 0.6) is 0 Å². The van der Waals surface area contributed by atoms with Crippen molar-refractivity contribution in [3.05, 3.63) is 58.0 Å². The van der Waals surface area contributed by atoms with E-state index in [0.717, 1.165) is 4.88 Å². The van der Waals surface area contributed by atoms with E-state index in [4.69, 9.17) is 4.74 Å². The standard InChI is InChI=1S/C22H24N2O5S/c1-5-17-12-18(22(28)29-6-2)21(30-17)24-19(26)11-13(3)20(27)23-16-9-7-15(8-10-16)14(4)25/h7-12H,5-6H2,1-4H3,(H,23,27)(H,24,26)/b13-11-. The van der Waals surface area contributed by atoms with Crippen LogP contribution in [-0.2, 0) is 20.7 Å². The third-order valence-corrected chi connectivity index (χ3v) is 5.31. The molecule has 0 saturated heterocycles. The fourth-order valence-corrected chi connectivity index (χ4v) is 3.48. The summed E-state index contributed by atoms with van der Waals surface area (Å²) < 4.78 is 5.03. The highest BCUT2D eigenvalue weighted by Crippen LogP contribution is 2.29. The molecule has 0 aliphatic carbocycles. The average Bonchev–Trinajstić information content (AvgIpc) is 3.11. The highest BCUT2D eigenvalue weighted by Gasteiger charge is 2.18. The second-order valence-electron chi connectivity index (χ2n) is 6.43. The first kappa shape index (κ1) is 23.0. The fraction of sp³-hybridized carbons (Fsp3) is 0.273. The number of ketones is 1. The van der Waals surface area contributed by atoms with Crippen LogP contribution in [0.25, 0.3) is 0 Å². The summed E-state index contributed by atoms with van der Waals surface area (Å²) in [6, 6.07) is 8.16. The normalized spacial score (nSPS) is 11.0. The molecule has 0 aliphatic heterocycles. The summed E-state index contributed by atoms with van der Waals surface area (Å²) in [6.07, 6.45) is 1.88. The van der Waals surface area contributed by atoms with Gasteiger partial charge in [0.15, 0.2) is 5.78 Å². The van der Waals surface area contributed by atoms with Crippen molar-refractivity contribution in [3.63, 3.8) is 0 Å². The molecule has 8 heteroatoms. The summed E-state index contributed by atoms with van der Waals surface area (Å²) >= 11 is 1.29. The van der Waals surface area contributed by atoms with Gasteiger partial charge in [0.05, 0.1) is 12.2 Å². The third kappa shape index (κ3) is 6.12. The zero-order chi connectivity index (χ0) is 22.3. The number of amides is 2. The maximum Gasteiger partial charge on any atom is 0.341 e. The number of nitrogens with one attached hydrogen (secondary N) is 2. The summed E-state index contributed by atoms with van der Waals surface area (Å²) in [5, 5.41) is 5.71. The number of carbonyl (C=O) groups excluding carboxylic acids is 4. The molecule has 1 aromatic carbocycles. The summed E-state index contributed by atoms with van der Waals surface area (Å²) in [7, 11) is 0. The zero-order valence-electron chi connectivity index (χ0n) is 17.3. The minimum Gasteiger partial charge on any atom is -0.462 e. The number of thiophene rings is 1. The molecule has 2 rings (SSSR count). The van der Waals surface area contributed by atoms with Crippen molar-refractivity contribution >= 4 is 45.6 Å². The van der Waals surface area contributed by atoms with Crippen LogP contribution in [0, 0.1) is 0 Å². The largest absolute Gasteiger partial charge is 0.462 e.